The third-order valence-electron chi connectivity index (χ3n) is 2.19. The smallest absolute Gasteiger partial charge is 0.224 e. The minimum absolute atomic E-state index is 0.551. The third-order valence-corrected chi connectivity index (χ3v) is 2.77. The standard InChI is InChI=1S/C9H12BrN7/c1-11-9-13-3-6(10)8(15-9)12-4-7-16-14-5-17(7)2/h3,5H,4H2,1-2H3,(H2,11,12,13,15). The van der Waals surface area contributed by atoms with E-state index in [1.165, 1.54) is 0 Å². The van der Waals surface area contributed by atoms with E-state index in [-0.39, 0.29) is 0 Å². The van der Waals surface area contributed by atoms with Gasteiger partial charge in [0.25, 0.3) is 0 Å². The molecule has 0 atom stereocenters. The molecular formula is C9H12BrN7. The second kappa shape index (κ2) is 5.09. The zero-order valence-corrected chi connectivity index (χ0v) is 11.1. The molecule has 0 spiro atoms. The minimum atomic E-state index is 0.551. The molecule has 0 amide bonds. The van der Waals surface area contributed by atoms with Gasteiger partial charge in [0.2, 0.25) is 5.95 Å². The SMILES string of the molecule is CNc1ncc(Br)c(NCc2nncn2C)n1. The molecule has 0 unspecified atom stereocenters. The molecule has 2 aromatic heterocycles. The van der Waals surface area contributed by atoms with Crippen LogP contribution in [0, 0.1) is 0 Å². The van der Waals surface area contributed by atoms with Gasteiger partial charge in [0.1, 0.15) is 12.1 Å². The molecule has 0 radical (unpaired) electrons. The van der Waals surface area contributed by atoms with E-state index < -0.39 is 0 Å². The molecule has 0 bridgehead atoms. The van der Waals surface area contributed by atoms with E-state index in [1.807, 2.05) is 11.6 Å². The lowest BCUT2D eigenvalue weighted by atomic mass is 10.5. The van der Waals surface area contributed by atoms with Crippen molar-refractivity contribution in [3.63, 3.8) is 0 Å². The molecule has 0 saturated carbocycles. The number of halogens is 1. The number of anilines is 2. The normalized spacial score (nSPS) is 10.3. The number of nitrogens with zero attached hydrogens (tertiary/aromatic N) is 5. The maximum absolute atomic E-state index is 4.28. The first-order chi connectivity index (χ1) is 8.20. The summed E-state index contributed by atoms with van der Waals surface area (Å²) in [5.74, 6) is 2.11. The lowest BCUT2D eigenvalue weighted by Gasteiger charge is -2.08. The Kier molecular flexibility index (Phi) is 3.52. The summed E-state index contributed by atoms with van der Waals surface area (Å²) in [6, 6.07) is 0. The van der Waals surface area contributed by atoms with Crippen molar-refractivity contribution in [2.75, 3.05) is 17.7 Å². The summed E-state index contributed by atoms with van der Waals surface area (Å²) in [4.78, 5) is 8.36. The van der Waals surface area contributed by atoms with Gasteiger partial charge in [0.15, 0.2) is 5.82 Å². The van der Waals surface area contributed by atoms with Gasteiger partial charge >= 0.3 is 0 Å². The molecule has 0 aliphatic rings. The molecular weight excluding hydrogens is 286 g/mol. The first-order valence-corrected chi connectivity index (χ1v) is 5.77. The van der Waals surface area contributed by atoms with Crippen LogP contribution in [-0.2, 0) is 13.6 Å². The molecule has 17 heavy (non-hydrogen) atoms. The van der Waals surface area contributed by atoms with Gasteiger partial charge in [0, 0.05) is 20.3 Å². The first kappa shape index (κ1) is 11.8. The Hall–Kier alpha value is -1.70. The van der Waals surface area contributed by atoms with Gasteiger partial charge in [-0.1, -0.05) is 0 Å². The van der Waals surface area contributed by atoms with Crippen molar-refractivity contribution < 1.29 is 0 Å². The highest BCUT2D eigenvalue weighted by atomic mass is 79.9. The Morgan fingerprint density at radius 1 is 1.47 bits per heavy atom. The van der Waals surface area contributed by atoms with Gasteiger partial charge in [0.05, 0.1) is 11.0 Å². The van der Waals surface area contributed by atoms with Crippen molar-refractivity contribution in [1.82, 2.24) is 24.7 Å². The quantitative estimate of drug-likeness (QED) is 0.877. The zero-order valence-electron chi connectivity index (χ0n) is 9.48. The summed E-state index contributed by atoms with van der Waals surface area (Å²) < 4.78 is 2.65. The number of hydrogen-bond donors (Lipinski definition) is 2. The first-order valence-electron chi connectivity index (χ1n) is 4.97. The molecule has 2 rings (SSSR count). The van der Waals surface area contributed by atoms with Gasteiger partial charge < -0.3 is 15.2 Å². The van der Waals surface area contributed by atoms with Crippen LogP contribution in [0.4, 0.5) is 11.8 Å². The van der Waals surface area contributed by atoms with E-state index in [4.69, 9.17) is 0 Å². The van der Waals surface area contributed by atoms with Crippen LogP contribution in [0.1, 0.15) is 5.82 Å². The fourth-order valence-corrected chi connectivity index (χ4v) is 1.57. The highest BCUT2D eigenvalue weighted by Gasteiger charge is 2.06. The minimum Gasteiger partial charge on any atom is -0.362 e. The van der Waals surface area contributed by atoms with E-state index in [0.717, 1.165) is 10.3 Å². The monoisotopic (exact) mass is 297 g/mol. The highest BCUT2D eigenvalue weighted by Crippen LogP contribution is 2.20. The molecule has 2 N–H and O–H groups in total. The molecule has 8 heteroatoms. The summed E-state index contributed by atoms with van der Waals surface area (Å²) in [6.45, 7) is 0.551. The fourth-order valence-electron chi connectivity index (χ4n) is 1.24. The van der Waals surface area contributed by atoms with Gasteiger partial charge in [-0.05, 0) is 15.9 Å². The van der Waals surface area contributed by atoms with Gasteiger partial charge in [-0.15, -0.1) is 10.2 Å². The molecule has 0 aromatic carbocycles. The summed E-state index contributed by atoms with van der Waals surface area (Å²) >= 11 is 3.38. The molecule has 2 heterocycles. The average Bonchev–Trinajstić information content (AvgIpc) is 2.74. The Morgan fingerprint density at radius 2 is 2.29 bits per heavy atom. The van der Waals surface area contributed by atoms with Crippen LogP contribution in [0.3, 0.4) is 0 Å². The number of aromatic nitrogens is 5. The molecule has 2 aromatic rings. The number of hydrogen-bond acceptors (Lipinski definition) is 6. The van der Waals surface area contributed by atoms with Crippen molar-refractivity contribution in [2.45, 2.75) is 6.54 Å². The predicted octanol–water partition coefficient (Wildman–Crippen LogP) is 1.02. The van der Waals surface area contributed by atoms with Crippen molar-refractivity contribution in [3.05, 3.63) is 22.8 Å². The Bertz CT molecular complexity index is 510. The van der Waals surface area contributed by atoms with E-state index in [0.29, 0.717) is 18.3 Å². The lowest BCUT2D eigenvalue weighted by Crippen LogP contribution is -2.08. The molecule has 0 fully saturated rings. The van der Waals surface area contributed by atoms with Gasteiger partial charge in [-0.25, -0.2) is 4.98 Å². The molecule has 0 saturated heterocycles. The van der Waals surface area contributed by atoms with Gasteiger partial charge in [-0.3, -0.25) is 0 Å². The van der Waals surface area contributed by atoms with Crippen LogP contribution >= 0.6 is 15.9 Å². The molecule has 0 aliphatic carbocycles. The second-order valence-electron chi connectivity index (χ2n) is 3.35. The molecule has 90 valence electrons. The van der Waals surface area contributed by atoms with Crippen LogP contribution in [0.25, 0.3) is 0 Å². The van der Waals surface area contributed by atoms with E-state index in [1.54, 1.807) is 19.6 Å². The molecule has 0 aliphatic heterocycles. The van der Waals surface area contributed by atoms with E-state index >= 15 is 0 Å². The lowest BCUT2D eigenvalue weighted by molar-refractivity contribution is 0.809. The summed E-state index contributed by atoms with van der Waals surface area (Å²) in [5.41, 5.74) is 0. The summed E-state index contributed by atoms with van der Waals surface area (Å²) in [7, 11) is 3.67. The van der Waals surface area contributed by atoms with Crippen LogP contribution in [-0.4, -0.2) is 31.8 Å². The Balaban J connectivity index is 2.11. The second-order valence-corrected chi connectivity index (χ2v) is 4.21. The van der Waals surface area contributed by atoms with Gasteiger partial charge in [-0.2, -0.15) is 4.98 Å². The van der Waals surface area contributed by atoms with Crippen molar-refractivity contribution in [2.24, 2.45) is 7.05 Å². The topological polar surface area (TPSA) is 80.5 Å². The summed E-state index contributed by atoms with van der Waals surface area (Å²) in [5, 5.41) is 13.8. The van der Waals surface area contributed by atoms with E-state index in [9.17, 15) is 0 Å². The summed E-state index contributed by atoms with van der Waals surface area (Å²) in [6.07, 6.45) is 3.35. The van der Waals surface area contributed by atoms with Crippen LogP contribution in [0.2, 0.25) is 0 Å². The number of aryl methyl sites for hydroxylation is 1. The Morgan fingerprint density at radius 3 is 2.94 bits per heavy atom. The largest absolute Gasteiger partial charge is 0.362 e. The number of nitrogens with one attached hydrogen (secondary N) is 2. The number of rotatable bonds is 4. The van der Waals surface area contributed by atoms with Crippen molar-refractivity contribution in [3.8, 4) is 0 Å². The predicted molar refractivity (Wildman–Crippen MR) is 67.6 cm³/mol. The average molecular weight is 298 g/mol. The maximum atomic E-state index is 4.28. The Labute approximate surface area is 107 Å². The van der Waals surface area contributed by atoms with Crippen molar-refractivity contribution >= 4 is 27.7 Å². The third kappa shape index (κ3) is 2.70. The van der Waals surface area contributed by atoms with Crippen LogP contribution in [0.15, 0.2) is 17.0 Å². The van der Waals surface area contributed by atoms with E-state index in [2.05, 4.69) is 46.7 Å². The zero-order chi connectivity index (χ0) is 12.3. The molecule has 7 nitrogen and oxygen atoms in total. The van der Waals surface area contributed by atoms with Crippen LogP contribution < -0.4 is 10.6 Å². The fraction of sp³-hybridized carbons (Fsp3) is 0.333. The highest BCUT2D eigenvalue weighted by molar-refractivity contribution is 9.10. The van der Waals surface area contributed by atoms with Crippen LogP contribution in [0.5, 0.6) is 0 Å². The van der Waals surface area contributed by atoms with Crippen molar-refractivity contribution in [1.29, 1.82) is 0 Å². The maximum Gasteiger partial charge on any atom is 0.224 e.